The first-order valence-electron chi connectivity index (χ1n) is 11.2. The largest absolute Gasteiger partial charge is 0.355 e. The van der Waals surface area contributed by atoms with Crippen molar-refractivity contribution in [1.82, 2.24) is 25.3 Å². The summed E-state index contributed by atoms with van der Waals surface area (Å²) >= 11 is 1.43. The molecule has 0 radical (unpaired) electrons. The number of thioether (sulfide) groups is 1. The highest BCUT2D eigenvalue weighted by Gasteiger charge is 2.41. The van der Waals surface area contributed by atoms with E-state index in [4.69, 9.17) is 14.5 Å². The Morgan fingerprint density at radius 2 is 1.94 bits per heavy atom. The van der Waals surface area contributed by atoms with Crippen molar-refractivity contribution in [3.8, 4) is 22.6 Å². The highest BCUT2D eigenvalue weighted by Crippen LogP contribution is 2.36. The van der Waals surface area contributed by atoms with Gasteiger partial charge in [-0.25, -0.2) is 19.3 Å². The molecule has 1 saturated carbocycles. The van der Waals surface area contributed by atoms with Gasteiger partial charge in [-0.15, -0.1) is 0 Å². The molecule has 0 atom stereocenters. The number of rotatable bonds is 7. The molecular weight excluding hydrogens is 457 g/mol. The highest BCUT2D eigenvalue weighted by molar-refractivity contribution is 7.98. The molecule has 1 aliphatic heterocycles. The average molecular weight is 484 g/mol. The van der Waals surface area contributed by atoms with Gasteiger partial charge < -0.3 is 19.8 Å². The van der Waals surface area contributed by atoms with Gasteiger partial charge in [0.25, 0.3) is 0 Å². The fraction of sp³-hybridized carbons (Fsp3) is 0.417. The van der Waals surface area contributed by atoms with Crippen molar-refractivity contribution in [2.24, 2.45) is 11.3 Å². The van der Waals surface area contributed by atoms with Gasteiger partial charge in [0.2, 0.25) is 12.2 Å². The number of ether oxygens (including phenoxy) is 2. The molecule has 5 rings (SSSR count). The van der Waals surface area contributed by atoms with E-state index < -0.39 is 11.7 Å². The van der Waals surface area contributed by atoms with E-state index in [0.717, 1.165) is 5.56 Å². The van der Waals surface area contributed by atoms with Crippen LogP contribution in [0.25, 0.3) is 22.6 Å². The van der Waals surface area contributed by atoms with Crippen molar-refractivity contribution in [2.45, 2.75) is 31.2 Å². The Balaban J connectivity index is 1.40. The van der Waals surface area contributed by atoms with Crippen LogP contribution in [0.1, 0.15) is 31.9 Å². The summed E-state index contributed by atoms with van der Waals surface area (Å²) in [6.45, 7) is 2.96. The highest BCUT2D eigenvalue weighted by atomic mass is 32.2. The lowest BCUT2D eigenvalue weighted by Gasteiger charge is -2.35. The number of hydrogen-bond acceptors (Lipinski definition) is 7. The molecule has 1 aromatic carbocycles. The van der Waals surface area contributed by atoms with Crippen LogP contribution in [0.3, 0.4) is 0 Å². The Morgan fingerprint density at radius 3 is 2.62 bits per heavy atom. The van der Waals surface area contributed by atoms with Crippen LogP contribution in [-0.4, -0.2) is 51.9 Å². The van der Waals surface area contributed by atoms with Gasteiger partial charge in [-0.2, -0.15) is 0 Å². The molecule has 2 fully saturated rings. The second-order valence-electron chi connectivity index (χ2n) is 8.95. The summed E-state index contributed by atoms with van der Waals surface area (Å²) in [6.07, 6.45) is 5.17. The fourth-order valence-corrected chi connectivity index (χ4v) is 4.11. The van der Waals surface area contributed by atoms with E-state index in [0.29, 0.717) is 40.5 Å². The van der Waals surface area contributed by atoms with Gasteiger partial charge in [-0.3, -0.25) is 4.79 Å². The minimum absolute atomic E-state index is 0.0597. The van der Waals surface area contributed by atoms with Crippen LogP contribution in [-0.2, 0) is 14.3 Å². The minimum atomic E-state index is -0.765. The maximum absolute atomic E-state index is 13.5. The zero-order chi connectivity index (χ0) is 23.7. The first kappa shape index (κ1) is 22.9. The number of carbonyl (C=O) groups is 1. The van der Waals surface area contributed by atoms with E-state index >= 15 is 0 Å². The van der Waals surface area contributed by atoms with Gasteiger partial charge in [0.1, 0.15) is 5.82 Å². The van der Waals surface area contributed by atoms with E-state index in [1.54, 1.807) is 24.4 Å². The van der Waals surface area contributed by atoms with Gasteiger partial charge in [-0.1, -0.05) is 11.8 Å². The third-order valence-corrected chi connectivity index (χ3v) is 6.60. The average Bonchev–Trinajstić information content (AvgIpc) is 3.59. The van der Waals surface area contributed by atoms with Crippen molar-refractivity contribution < 1.29 is 18.7 Å². The third-order valence-electron chi connectivity index (χ3n) is 6.04. The molecule has 178 valence electrons. The predicted molar refractivity (Wildman–Crippen MR) is 125 cm³/mol. The number of halogens is 1. The summed E-state index contributed by atoms with van der Waals surface area (Å²) in [6, 6.07) is 7.90. The number of H-pyrrole nitrogens is 1. The monoisotopic (exact) mass is 483 g/mol. The molecular formula is C24H26FN5O3S. The van der Waals surface area contributed by atoms with Gasteiger partial charge in [-0.05, 0) is 62.3 Å². The maximum atomic E-state index is 13.5. The Hall–Kier alpha value is -2.82. The van der Waals surface area contributed by atoms with Gasteiger partial charge >= 0.3 is 0 Å². The quantitative estimate of drug-likeness (QED) is 0.387. The topological polar surface area (TPSA) is 102 Å². The molecule has 0 bridgehead atoms. The van der Waals surface area contributed by atoms with Crippen LogP contribution in [0, 0.1) is 17.2 Å². The van der Waals surface area contributed by atoms with Gasteiger partial charge in [0.15, 0.2) is 11.0 Å². The number of imidazole rings is 1. The van der Waals surface area contributed by atoms with Crippen molar-refractivity contribution in [2.75, 3.05) is 26.0 Å². The first-order valence-corrected chi connectivity index (χ1v) is 12.4. The fourth-order valence-electron chi connectivity index (χ4n) is 3.75. The summed E-state index contributed by atoms with van der Waals surface area (Å²) < 4.78 is 25.4. The molecule has 3 heterocycles. The number of hydrogen-bond donors (Lipinski definition) is 2. The summed E-state index contributed by atoms with van der Waals surface area (Å²) in [4.78, 5) is 29.5. The summed E-state index contributed by atoms with van der Waals surface area (Å²) in [7, 11) is 0. The second-order valence-corrected chi connectivity index (χ2v) is 9.72. The molecule has 8 nitrogen and oxygen atoms in total. The number of aromatic nitrogens is 4. The number of nitrogens with zero attached hydrogens (tertiary/aromatic N) is 3. The zero-order valence-corrected chi connectivity index (χ0v) is 19.8. The van der Waals surface area contributed by atoms with E-state index in [9.17, 15) is 9.18 Å². The Bertz CT molecular complexity index is 1170. The molecule has 3 aromatic rings. The van der Waals surface area contributed by atoms with Crippen molar-refractivity contribution in [1.29, 1.82) is 0 Å². The lowest BCUT2D eigenvalue weighted by molar-refractivity contribution is -0.231. The molecule has 2 N–H and O–H groups in total. The van der Waals surface area contributed by atoms with E-state index in [2.05, 4.69) is 20.3 Å². The Kier molecular flexibility index (Phi) is 6.37. The van der Waals surface area contributed by atoms with Crippen LogP contribution in [0.15, 0.2) is 41.7 Å². The smallest absolute Gasteiger partial charge is 0.230 e. The summed E-state index contributed by atoms with van der Waals surface area (Å²) in [5.41, 5.74) is 1.87. The van der Waals surface area contributed by atoms with Gasteiger partial charge in [0.05, 0.1) is 35.7 Å². The van der Waals surface area contributed by atoms with E-state index in [1.807, 2.05) is 13.2 Å². The van der Waals surface area contributed by atoms with Crippen LogP contribution >= 0.6 is 11.8 Å². The van der Waals surface area contributed by atoms with Crippen LogP contribution in [0.4, 0.5) is 4.39 Å². The van der Waals surface area contributed by atoms with Crippen LogP contribution in [0.5, 0.6) is 0 Å². The van der Waals surface area contributed by atoms with Crippen molar-refractivity contribution in [3.63, 3.8) is 0 Å². The minimum Gasteiger partial charge on any atom is -0.355 e. The van der Waals surface area contributed by atoms with Gasteiger partial charge in [0, 0.05) is 18.3 Å². The van der Waals surface area contributed by atoms with E-state index in [1.165, 1.54) is 36.7 Å². The molecule has 2 aromatic heterocycles. The maximum Gasteiger partial charge on any atom is 0.230 e. The third kappa shape index (κ3) is 4.84. The van der Waals surface area contributed by atoms with Crippen molar-refractivity contribution >= 4 is 17.7 Å². The molecule has 0 spiro atoms. The molecule has 1 aliphatic carbocycles. The lowest BCUT2D eigenvalue weighted by Crippen LogP contribution is -2.49. The normalized spacial score (nSPS) is 22.5. The Morgan fingerprint density at radius 1 is 1.21 bits per heavy atom. The Labute approximate surface area is 201 Å². The number of amides is 1. The van der Waals surface area contributed by atoms with Crippen molar-refractivity contribution in [3.05, 3.63) is 48.2 Å². The van der Waals surface area contributed by atoms with Crippen LogP contribution < -0.4 is 5.32 Å². The molecule has 1 saturated heterocycles. The number of carbonyl (C=O) groups excluding carboxylic acids is 1. The van der Waals surface area contributed by atoms with E-state index in [-0.39, 0.29) is 24.9 Å². The second kappa shape index (κ2) is 9.44. The number of benzene rings is 1. The SMILES string of the molecule is CSc1nccc(-c2[nH]c(C3OCC(C)(C(=O)NCC4CC4)CO3)nc2-c2ccc(F)cc2)n1. The zero-order valence-electron chi connectivity index (χ0n) is 19.0. The first-order chi connectivity index (χ1) is 16.4. The number of nitrogens with one attached hydrogen (secondary N) is 2. The number of aromatic amines is 1. The summed E-state index contributed by atoms with van der Waals surface area (Å²) in [5.74, 6) is 0.672. The predicted octanol–water partition coefficient (Wildman–Crippen LogP) is 3.97. The summed E-state index contributed by atoms with van der Waals surface area (Å²) in [5, 5.41) is 3.63. The molecule has 0 unspecified atom stereocenters. The molecule has 34 heavy (non-hydrogen) atoms. The van der Waals surface area contributed by atoms with Crippen LogP contribution in [0.2, 0.25) is 0 Å². The lowest BCUT2D eigenvalue weighted by atomic mass is 9.91. The standard InChI is InChI=1S/C24H26FN5O3S/c1-24(22(31)27-11-14-3-4-14)12-32-21(33-13-24)20-29-18(15-5-7-16(25)8-6-15)19(30-20)17-9-10-26-23(28-17)34-2/h5-10,14,21H,3-4,11-13H2,1-2H3,(H,27,31)(H,29,30). The molecule has 2 aliphatic rings. The molecule has 1 amide bonds. The molecule has 10 heteroatoms.